The Kier molecular flexibility index (Phi) is 7.67. The summed E-state index contributed by atoms with van der Waals surface area (Å²) in [5, 5.41) is 7.42. The molecule has 39 heavy (non-hydrogen) atoms. The molecule has 0 saturated heterocycles. The van der Waals surface area contributed by atoms with Gasteiger partial charge >= 0.3 is 0 Å². The molecule has 11 heteroatoms. The van der Waals surface area contributed by atoms with Gasteiger partial charge in [0.1, 0.15) is 45.9 Å². The summed E-state index contributed by atoms with van der Waals surface area (Å²) in [6.45, 7) is 0.438. The number of ether oxygens (including phenoxy) is 1. The number of halogens is 2. The summed E-state index contributed by atoms with van der Waals surface area (Å²) in [5.41, 5.74) is 2.93. The van der Waals surface area contributed by atoms with Crippen LogP contribution >= 0.6 is 11.6 Å². The molecule has 2 aromatic heterocycles. The number of nitrogens with zero attached hydrogens (tertiary/aromatic N) is 2. The number of rotatable bonds is 10. The van der Waals surface area contributed by atoms with Crippen molar-refractivity contribution in [3.05, 3.63) is 95.5 Å². The van der Waals surface area contributed by atoms with E-state index in [4.69, 9.17) is 20.8 Å². The fourth-order valence-corrected chi connectivity index (χ4v) is 4.59. The van der Waals surface area contributed by atoms with Crippen LogP contribution in [0.15, 0.2) is 83.5 Å². The first-order chi connectivity index (χ1) is 18.7. The molecule has 0 aliphatic rings. The first-order valence-corrected chi connectivity index (χ1v) is 14.4. The van der Waals surface area contributed by atoms with E-state index < -0.39 is 9.84 Å². The molecule has 0 aliphatic heterocycles. The fraction of sp³-hybridized carbons (Fsp3) is 0.143. The molecule has 0 bridgehead atoms. The van der Waals surface area contributed by atoms with Crippen LogP contribution in [0.3, 0.4) is 0 Å². The third-order valence-corrected chi connectivity index (χ3v) is 7.02. The third-order valence-electron chi connectivity index (χ3n) is 5.78. The molecule has 0 fully saturated rings. The number of furan rings is 1. The van der Waals surface area contributed by atoms with Crippen molar-refractivity contribution in [1.82, 2.24) is 9.97 Å². The standard InChI is InChI=1S/C28H24ClFN4O4S/c1-39(35,36)12-11-31-27-10-9-25(38-27)19-5-7-24-22(14-19)28(33-17-32-24)34-21-6-8-26(23(29)15-21)37-16-18-3-2-4-20(30)13-18/h2-10,13-15,17,31H,11-12,16H2,1H3,(H,32,33,34). The fourth-order valence-electron chi connectivity index (χ4n) is 3.88. The van der Waals surface area contributed by atoms with E-state index in [-0.39, 0.29) is 24.7 Å². The molecule has 2 N–H and O–H groups in total. The molecule has 2 heterocycles. The van der Waals surface area contributed by atoms with Gasteiger partial charge in [-0.25, -0.2) is 22.8 Å². The Morgan fingerprint density at radius 1 is 1.03 bits per heavy atom. The molecule has 0 spiro atoms. The molecule has 0 amide bonds. The van der Waals surface area contributed by atoms with Crippen molar-refractivity contribution in [1.29, 1.82) is 0 Å². The zero-order chi connectivity index (χ0) is 27.4. The maximum absolute atomic E-state index is 13.4. The Morgan fingerprint density at radius 2 is 1.90 bits per heavy atom. The van der Waals surface area contributed by atoms with Gasteiger partial charge in [0.25, 0.3) is 0 Å². The number of benzene rings is 3. The van der Waals surface area contributed by atoms with E-state index in [9.17, 15) is 12.8 Å². The first kappa shape index (κ1) is 26.5. The number of nitrogens with one attached hydrogen (secondary N) is 2. The summed E-state index contributed by atoms with van der Waals surface area (Å²) in [5.74, 6) is 1.82. The Bertz CT molecular complexity index is 1740. The van der Waals surface area contributed by atoms with Gasteiger partial charge in [0.2, 0.25) is 0 Å². The topological polar surface area (TPSA) is 106 Å². The maximum atomic E-state index is 13.4. The monoisotopic (exact) mass is 566 g/mol. The van der Waals surface area contributed by atoms with Crippen LogP contribution in [-0.2, 0) is 16.4 Å². The number of fused-ring (bicyclic) bond motifs is 1. The summed E-state index contributed by atoms with van der Waals surface area (Å²) < 4.78 is 47.7. The van der Waals surface area contributed by atoms with Gasteiger partial charge in [0, 0.05) is 35.5 Å². The Balaban J connectivity index is 1.32. The summed E-state index contributed by atoms with van der Waals surface area (Å²) in [7, 11) is -3.07. The summed E-state index contributed by atoms with van der Waals surface area (Å²) in [6.07, 6.45) is 2.66. The van der Waals surface area contributed by atoms with Gasteiger partial charge in [-0.1, -0.05) is 23.7 Å². The van der Waals surface area contributed by atoms with Crippen LogP contribution in [0, 0.1) is 5.82 Å². The van der Waals surface area contributed by atoms with E-state index in [0.29, 0.717) is 39.5 Å². The van der Waals surface area contributed by atoms with Gasteiger partial charge in [-0.15, -0.1) is 0 Å². The quantitative estimate of drug-likeness (QED) is 0.198. The van der Waals surface area contributed by atoms with Gasteiger partial charge in [-0.3, -0.25) is 0 Å². The van der Waals surface area contributed by atoms with Crippen molar-refractivity contribution < 1.29 is 22.0 Å². The van der Waals surface area contributed by atoms with Gasteiger partial charge in [0.05, 0.1) is 16.3 Å². The molecule has 5 aromatic rings. The van der Waals surface area contributed by atoms with E-state index in [0.717, 1.165) is 16.5 Å². The van der Waals surface area contributed by atoms with Crippen molar-refractivity contribution in [2.45, 2.75) is 6.61 Å². The smallest absolute Gasteiger partial charge is 0.193 e. The first-order valence-electron chi connectivity index (χ1n) is 11.9. The van der Waals surface area contributed by atoms with E-state index in [1.165, 1.54) is 24.7 Å². The molecule has 0 saturated carbocycles. The lowest BCUT2D eigenvalue weighted by Crippen LogP contribution is -2.13. The highest BCUT2D eigenvalue weighted by Gasteiger charge is 2.11. The highest BCUT2D eigenvalue weighted by Crippen LogP contribution is 2.33. The highest BCUT2D eigenvalue weighted by atomic mass is 35.5. The molecule has 0 aliphatic carbocycles. The molecule has 200 valence electrons. The predicted molar refractivity (Wildman–Crippen MR) is 151 cm³/mol. The molecule has 0 unspecified atom stereocenters. The highest BCUT2D eigenvalue weighted by molar-refractivity contribution is 7.90. The zero-order valence-electron chi connectivity index (χ0n) is 20.8. The lowest BCUT2D eigenvalue weighted by Gasteiger charge is -2.12. The van der Waals surface area contributed by atoms with Gasteiger partial charge in [-0.05, 0) is 60.2 Å². The summed E-state index contributed by atoms with van der Waals surface area (Å²) in [6, 6.07) is 20.7. The Hall–Kier alpha value is -4.15. The summed E-state index contributed by atoms with van der Waals surface area (Å²) in [4.78, 5) is 8.76. The van der Waals surface area contributed by atoms with E-state index in [1.54, 1.807) is 30.3 Å². The lowest BCUT2D eigenvalue weighted by molar-refractivity contribution is 0.306. The van der Waals surface area contributed by atoms with Crippen LogP contribution in [0.25, 0.3) is 22.2 Å². The van der Waals surface area contributed by atoms with E-state index in [1.807, 2.05) is 30.3 Å². The minimum Gasteiger partial charge on any atom is -0.487 e. The number of anilines is 3. The van der Waals surface area contributed by atoms with Crippen molar-refractivity contribution in [2.75, 3.05) is 29.2 Å². The minimum atomic E-state index is -3.07. The number of aromatic nitrogens is 2. The molecule has 0 radical (unpaired) electrons. The van der Waals surface area contributed by atoms with Crippen LogP contribution in [-0.4, -0.2) is 36.9 Å². The van der Waals surface area contributed by atoms with E-state index in [2.05, 4.69) is 20.6 Å². The summed E-state index contributed by atoms with van der Waals surface area (Å²) >= 11 is 6.46. The SMILES string of the molecule is CS(=O)(=O)CCNc1ccc(-c2ccc3ncnc(Nc4ccc(OCc5cccc(F)c5)c(Cl)c4)c3c2)o1. The maximum Gasteiger partial charge on any atom is 0.193 e. The molecular formula is C28H24ClFN4O4S. The van der Waals surface area contributed by atoms with Crippen molar-refractivity contribution in [3.8, 4) is 17.1 Å². The lowest BCUT2D eigenvalue weighted by atomic mass is 10.1. The third kappa shape index (κ3) is 6.84. The largest absolute Gasteiger partial charge is 0.487 e. The van der Waals surface area contributed by atoms with Crippen LogP contribution in [0.5, 0.6) is 5.75 Å². The van der Waals surface area contributed by atoms with Crippen LogP contribution in [0.2, 0.25) is 5.02 Å². The van der Waals surface area contributed by atoms with Crippen molar-refractivity contribution in [3.63, 3.8) is 0 Å². The molecule has 8 nitrogen and oxygen atoms in total. The average Bonchev–Trinajstić information content (AvgIpc) is 3.36. The second-order valence-corrected chi connectivity index (χ2v) is 11.5. The second-order valence-electron chi connectivity index (χ2n) is 8.86. The number of sulfone groups is 1. The van der Waals surface area contributed by atoms with Gasteiger partial charge in [0.15, 0.2) is 5.88 Å². The van der Waals surface area contributed by atoms with Crippen molar-refractivity contribution in [2.24, 2.45) is 0 Å². The molecule has 5 rings (SSSR count). The zero-order valence-corrected chi connectivity index (χ0v) is 22.4. The van der Waals surface area contributed by atoms with E-state index >= 15 is 0 Å². The average molecular weight is 567 g/mol. The normalized spacial score (nSPS) is 11.5. The molecular weight excluding hydrogens is 543 g/mol. The van der Waals surface area contributed by atoms with Gasteiger partial charge < -0.3 is 19.8 Å². The molecule has 0 atom stereocenters. The second kappa shape index (κ2) is 11.3. The van der Waals surface area contributed by atoms with Crippen LogP contribution < -0.4 is 15.4 Å². The van der Waals surface area contributed by atoms with Crippen LogP contribution in [0.1, 0.15) is 5.56 Å². The molecule has 3 aromatic carbocycles. The van der Waals surface area contributed by atoms with Crippen LogP contribution in [0.4, 0.5) is 21.8 Å². The van der Waals surface area contributed by atoms with Gasteiger partial charge in [-0.2, -0.15) is 0 Å². The number of hydrogen-bond donors (Lipinski definition) is 2. The Labute approximate surface area is 229 Å². The number of hydrogen-bond acceptors (Lipinski definition) is 8. The minimum absolute atomic E-state index is 0.00943. The predicted octanol–water partition coefficient (Wildman–Crippen LogP) is 6.46. The Morgan fingerprint density at radius 3 is 2.69 bits per heavy atom. The van der Waals surface area contributed by atoms with Crippen molar-refractivity contribution >= 4 is 49.7 Å².